The lowest BCUT2D eigenvalue weighted by atomic mass is 9.91. The average molecular weight is 471 g/mol. The Morgan fingerprint density at radius 2 is 1.88 bits per heavy atom. The number of carbonyl (C=O) groups excluding carboxylic acids is 2. The first-order valence-corrected chi connectivity index (χ1v) is 11.8. The van der Waals surface area contributed by atoms with Gasteiger partial charge in [0.15, 0.2) is 5.78 Å². The van der Waals surface area contributed by atoms with E-state index in [0.29, 0.717) is 15.7 Å². The van der Waals surface area contributed by atoms with Crippen LogP contribution in [0.15, 0.2) is 45.9 Å². The molecule has 3 rings (SSSR count). The average Bonchev–Trinajstić information content (AvgIpc) is 3.36. The molecule has 0 bridgehead atoms. The summed E-state index contributed by atoms with van der Waals surface area (Å²) in [5.74, 6) is 0.330. The highest BCUT2D eigenvalue weighted by atomic mass is 32.1. The SMILES string of the molecule is COc1ccc(CNC(=O)Cn2c(=O)/c(=C/c3ccsc3)s/c2=C\C(=O)C(C)(C)C)cc1. The fourth-order valence-corrected chi connectivity index (χ4v) is 4.43. The zero-order chi connectivity index (χ0) is 23.3. The van der Waals surface area contributed by atoms with Crippen LogP contribution in [0.2, 0.25) is 0 Å². The van der Waals surface area contributed by atoms with Crippen LogP contribution < -0.4 is 24.8 Å². The lowest BCUT2D eigenvalue weighted by molar-refractivity contribution is -0.122. The van der Waals surface area contributed by atoms with E-state index in [2.05, 4.69) is 5.32 Å². The maximum atomic E-state index is 13.0. The van der Waals surface area contributed by atoms with Crippen LogP contribution in [-0.4, -0.2) is 23.4 Å². The van der Waals surface area contributed by atoms with E-state index in [1.165, 1.54) is 33.3 Å². The highest BCUT2D eigenvalue weighted by Gasteiger charge is 2.20. The smallest absolute Gasteiger partial charge is 0.269 e. The number of amides is 1. The summed E-state index contributed by atoms with van der Waals surface area (Å²) in [5.41, 5.74) is 0.962. The van der Waals surface area contributed by atoms with Gasteiger partial charge in [0.05, 0.1) is 11.6 Å². The first-order valence-electron chi connectivity index (χ1n) is 10.1. The van der Waals surface area contributed by atoms with Crippen molar-refractivity contribution in [1.29, 1.82) is 0 Å². The van der Waals surface area contributed by atoms with Gasteiger partial charge in [-0.1, -0.05) is 32.9 Å². The van der Waals surface area contributed by atoms with E-state index in [0.717, 1.165) is 16.9 Å². The molecule has 1 aromatic carbocycles. The third-order valence-electron chi connectivity index (χ3n) is 4.72. The third-order valence-corrected chi connectivity index (χ3v) is 6.48. The summed E-state index contributed by atoms with van der Waals surface area (Å²) < 4.78 is 7.46. The predicted molar refractivity (Wildman–Crippen MR) is 129 cm³/mol. The topological polar surface area (TPSA) is 77.4 Å². The van der Waals surface area contributed by atoms with Crippen LogP contribution in [0.5, 0.6) is 5.75 Å². The molecule has 0 spiro atoms. The quantitative estimate of drug-likeness (QED) is 0.576. The Morgan fingerprint density at radius 3 is 2.47 bits per heavy atom. The largest absolute Gasteiger partial charge is 0.497 e. The summed E-state index contributed by atoms with van der Waals surface area (Å²) in [5, 5.41) is 6.71. The summed E-state index contributed by atoms with van der Waals surface area (Å²) in [4.78, 5) is 38.3. The molecule has 1 N–H and O–H groups in total. The molecular weight excluding hydrogens is 444 g/mol. The number of Topliss-reactive ketones (excluding diaryl/α,β-unsaturated/α-hetero) is 1. The van der Waals surface area contributed by atoms with Crippen molar-refractivity contribution in [3.8, 4) is 5.75 Å². The van der Waals surface area contributed by atoms with E-state index in [1.807, 2.05) is 61.9 Å². The lowest BCUT2D eigenvalue weighted by Gasteiger charge is -2.13. The second kappa shape index (κ2) is 10.1. The Kier molecular flexibility index (Phi) is 7.48. The molecule has 3 aromatic rings. The molecule has 0 aliphatic carbocycles. The van der Waals surface area contributed by atoms with Gasteiger partial charge in [0.1, 0.15) is 17.0 Å². The molecule has 0 aliphatic rings. The highest BCUT2D eigenvalue weighted by Crippen LogP contribution is 2.15. The van der Waals surface area contributed by atoms with Gasteiger partial charge in [-0.3, -0.25) is 19.0 Å². The first-order chi connectivity index (χ1) is 15.2. The number of hydrogen-bond donors (Lipinski definition) is 1. The van der Waals surface area contributed by atoms with Crippen LogP contribution >= 0.6 is 22.7 Å². The van der Waals surface area contributed by atoms with Crippen LogP contribution in [0.1, 0.15) is 31.9 Å². The molecule has 0 saturated heterocycles. The first kappa shape index (κ1) is 23.7. The van der Waals surface area contributed by atoms with Gasteiger partial charge in [-0.25, -0.2) is 0 Å². The minimum atomic E-state index is -0.585. The molecule has 0 radical (unpaired) electrons. The van der Waals surface area contributed by atoms with E-state index >= 15 is 0 Å². The Balaban J connectivity index is 1.88. The minimum Gasteiger partial charge on any atom is -0.497 e. The van der Waals surface area contributed by atoms with Crippen molar-refractivity contribution in [3.05, 3.63) is 71.8 Å². The molecule has 0 saturated carbocycles. The van der Waals surface area contributed by atoms with Gasteiger partial charge in [0, 0.05) is 18.0 Å². The number of ketones is 1. The van der Waals surface area contributed by atoms with Gasteiger partial charge in [-0.15, -0.1) is 11.3 Å². The Hall–Kier alpha value is -2.97. The van der Waals surface area contributed by atoms with E-state index in [1.54, 1.807) is 13.2 Å². The zero-order valence-corrected chi connectivity index (χ0v) is 20.1. The maximum absolute atomic E-state index is 13.0. The predicted octanol–water partition coefficient (Wildman–Crippen LogP) is 2.52. The number of methoxy groups -OCH3 is 1. The Labute approximate surface area is 194 Å². The van der Waals surface area contributed by atoms with Crippen LogP contribution in [0.3, 0.4) is 0 Å². The zero-order valence-electron chi connectivity index (χ0n) is 18.5. The summed E-state index contributed by atoms with van der Waals surface area (Å²) in [6.45, 7) is 5.63. The van der Waals surface area contributed by atoms with Crippen molar-refractivity contribution in [2.24, 2.45) is 5.41 Å². The van der Waals surface area contributed by atoms with E-state index < -0.39 is 5.41 Å². The number of ether oxygens (including phenoxy) is 1. The number of aromatic nitrogens is 1. The van der Waals surface area contributed by atoms with E-state index in [4.69, 9.17) is 4.74 Å². The van der Waals surface area contributed by atoms with Crippen molar-refractivity contribution in [1.82, 2.24) is 9.88 Å². The number of rotatable bonds is 7. The molecule has 168 valence electrons. The second-order valence-electron chi connectivity index (χ2n) is 8.28. The highest BCUT2D eigenvalue weighted by molar-refractivity contribution is 7.08. The molecule has 0 atom stereocenters. The normalized spacial score (nSPS) is 12.8. The van der Waals surface area contributed by atoms with Crippen molar-refractivity contribution < 1.29 is 14.3 Å². The van der Waals surface area contributed by atoms with Gasteiger partial charge in [0.25, 0.3) is 5.56 Å². The summed E-state index contributed by atoms with van der Waals surface area (Å²) in [7, 11) is 1.60. The van der Waals surface area contributed by atoms with Crippen LogP contribution in [0.25, 0.3) is 12.2 Å². The lowest BCUT2D eigenvalue weighted by Crippen LogP contribution is -2.38. The van der Waals surface area contributed by atoms with Crippen molar-refractivity contribution >= 4 is 46.5 Å². The van der Waals surface area contributed by atoms with E-state index in [9.17, 15) is 14.4 Å². The third kappa shape index (κ3) is 6.05. The molecule has 1 amide bonds. The monoisotopic (exact) mass is 470 g/mol. The fraction of sp³-hybridized carbons (Fsp3) is 0.292. The van der Waals surface area contributed by atoms with Gasteiger partial charge in [-0.2, -0.15) is 11.3 Å². The number of nitrogens with zero attached hydrogens (tertiary/aromatic N) is 1. The van der Waals surface area contributed by atoms with Gasteiger partial charge >= 0.3 is 0 Å². The van der Waals surface area contributed by atoms with Gasteiger partial charge in [0.2, 0.25) is 5.91 Å². The number of hydrogen-bond acceptors (Lipinski definition) is 6. The second-order valence-corrected chi connectivity index (χ2v) is 10.1. The molecule has 0 fully saturated rings. The summed E-state index contributed by atoms with van der Waals surface area (Å²) in [6, 6.07) is 9.29. The van der Waals surface area contributed by atoms with Gasteiger partial charge < -0.3 is 10.1 Å². The molecular formula is C24H26N2O4S2. The van der Waals surface area contributed by atoms with Gasteiger partial charge in [-0.05, 0) is 46.2 Å². The van der Waals surface area contributed by atoms with Crippen molar-refractivity contribution in [3.63, 3.8) is 0 Å². The van der Waals surface area contributed by atoms with Crippen molar-refractivity contribution in [2.45, 2.75) is 33.9 Å². The summed E-state index contributed by atoms with van der Waals surface area (Å²) >= 11 is 2.76. The number of carbonyl (C=O) groups is 2. The molecule has 2 aromatic heterocycles. The number of nitrogens with one attached hydrogen (secondary N) is 1. The standard InChI is InChI=1S/C24H26N2O4S2/c1-24(2,3)20(27)12-22-26(23(29)19(32-22)11-17-9-10-31-15-17)14-21(28)25-13-16-5-7-18(30-4)8-6-16/h5-12,15H,13-14H2,1-4H3,(H,25,28)/b19-11-,22-12-. The molecule has 0 aliphatic heterocycles. The number of thiazole rings is 1. The fourth-order valence-electron chi connectivity index (χ4n) is 2.77. The summed E-state index contributed by atoms with van der Waals surface area (Å²) in [6.07, 6.45) is 3.25. The minimum absolute atomic E-state index is 0.103. The van der Waals surface area contributed by atoms with Crippen molar-refractivity contribution in [2.75, 3.05) is 7.11 Å². The Morgan fingerprint density at radius 1 is 1.16 bits per heavy atom. The Bertz CT molecular complexity index is 1260. The van der Waals surface area contributed by atoms with Crippen LogP contribution in [-0.2, 0) is 22.7 Å². The number of thiophene rings is 1. The van der Waals surface area contributed by atoms with Crippen LogP contribution in [0.4, 0.5) is 0 Å². The molecule has 8 heteroatoms. The molecule has 6 nitrogen and oxygen atoms in total. The molecule has 2 heterocycles. The van der Waals surface area contributed by atoms with Crippen LogP contribution in [0, 0.1) is 5.41 Å². The van der Waals surface area contributed by atoms with E-state index in [-0.39, 0.29) is 23.8 Å². The number of benzene rings is 1. The maximum Gasteiger partial charge on any atom is 0.269 e. The molecule has 32 heavy (non-hydrogen) atoms. The molecule has 0 unspecified atom stereocenters.